The summed E-state index contributed by atoms with van der Waals surface area (Å²) in [5, 5.41) is 11.1. The van der Waals surface area contributed by atoms with Crippen molar-refractivity contribution in [2.24, 2.45) is 11.1 Å². The van der Waals surface area contributed by atoms with Crippen LogP contribution < -0.4 is 15.2 Å². The second kappa shape index (κ2) is 16.4. The molecule has 2 heterocycles. The molecule has 0 aliphatic carbocycles. The minimum atomic E-state index is -2.59. The molecule has 0 amide bonds. The maximum Gasteiger partial charge on any atom is 0.303 e. The number of ether oxygens (including phenoxy) is 2. The summed E-state index contributed by atoms with van der Waals surface area (Å²) in [5.41, 5.74) is 11.3. The molecule has 6 rings (SSSR count). The molecule has 0 spiro atoms. The highest BCUT2D eigenvalue weighted by molar-refractivity contribution is 6.01. The van der Waals surface area contributed by atoms with Crippen molar-refractivity contribution >= 4 is 22.4 Å². The molecule has 0 unspecified atom stereocenters. The molecular weight excluding hydrogens is 667 g/mol. The number of alkyl halides is 2. The summed E-state index contributed by atoms with van der Waals surface area (Å²) < 4.78 is 52.6. The number of piperidine rings is 1. The van der Waals surface area contributed by atoms with E-state index in [0.29, 0.717) is 54.2 Å². The van der Waals surface area contributed by atoms with Gasteiger partial charge in [-0.2, -0.15) is 0 Å². The van der Waals surface area contributed by atoms with Crippen LogP contribution in [0, 0.1) is 11.2 Å². The van der Waals surface area contributed by atoms with E-state index in [4.69, 9.17) is 20.3 Å². The van der Waals surface area contributed by atoms with Gasteiger partial charge in [0.25, 0.3) is 5.92 Å². The van der Waals surface area contributed by atoms with Gasteiger partial charge in [-0.05, 0) is 64.4 Å². The fraction of sp³-hybridized carbons (Fsp3) is 0.405. The largest absolute Gasteiger partial charge is 0.496 e. The molecule has 0 saturated carbocycles. The molecule has 52 heavy (non-hydrogen) atoms. The van der Waals surface area contributed by atoms with E-state index in [9.17, 15) is 18.0 Å². The number of halogens is 3. The molecule has 2 fully saturated rings. The number of carboxylic acid groups (broad SMARTS) is 1. The molecule has 2 aliphatic heterocycles. The number of hydrogen-bond donors (Lipinski definition) is 2. The van der Waals surface area contributed by atoms with Gasteiger partial charge in [0.15, 0.2) is 0 Å². The van der Waals surface area contributed by atoms with E-state index in [1.165, 1.54) is 12.5 Å². The van der Waals surface area contributed by atoms with Crippen LogP contribution in [0.3, 0.4) is 0 Å². The maximum atomic E-state index is 13.8. The predicted molar refractivity (Wildman–Crippen MR) is 201 cm³/mol. The number of hydrogen-bond acceptors (Lipinski definition) is 6. The SMILES string of the molecule is C=C(N)c1c(F)cccc1CN1CCC(C)(C)C1.COc1ccc(CN2CCC(F)(F)CC2)c(OC)c1-c1cccc2c(CCC(=O)O)cccc12. The van der Waals surface area contributed by atoms with E-state index in [2.05, 4.69) is 25.3 Å². The first kappa shape index (κ1) is 38.7. The first-order chi connectivity index (χ1) is 24.7. The maximum absolute atomic E-state index is 13.8. The Morgan fingerprint density at radius 3 is 2.12 bits per heavy atom. The van der Waals surface area contributed by atoms with E-state index in [1.807, 2.05) is 59.5 Å². The lowest BCUT2D eigenvalue weighted by Gasteiger charge is -2.32. The molecule has 0 atom stereocenters. The number of carbonyl (C=O) groups is 1. The molecule has 10 heteroatoms. The monoisotopic (exact) mass is 717 g/mol. The normalized spacial score (nSPS) is 17.0. The minimum Gasteiger partial charge on any atom is -0.496 e. The third-order valence-electron chi connectivity index (χ3n) is 10.1. The molecule has 0 aromatic heterocycles. The van der Waals surface area contributed by atoms with Crippen molar-refractivity contribution in [3.05, 3.63) is 101 Å². The smallest absolute Gasteiger partial charge is 0.303 e. The van der Waals surface area contributed by atoms with Crippen molar-refractivity contribution in [3.63, 3.8) is 0 Å². The Hall–Kier alpha value is -4.54. The van der Waals surface area contributed by atoms with Gasteiger partial charge in [-0.25, -0.2) is 13.2 Å². The Bertz CT molecular complexity index is 1900. The summed E-state index contributed by atoms with van der Waals surface area (Å²) in [6.45, 7) is 12.2. The van der Waals surface area contributed by atoms with Crippen LogP contribution in [-0.4, -0.2) is 67.2 Å². The van der Waals surface area contributed by atoms with Crippen LogP contribution in [0.5, 0.6) is 11.5 Å². The summed E-state index contributed by atoms with van der Waals surface area (Å²) in [5.74, 6) is -2.40. The fourth-order valence-electron chi connectivity index (χ4n) is 7.38. The molecule has 0 bridgehead atoms. The van der Waals surface area contributed by atoms with Gasteiger partial charge in [-0.3, -0.25) is 14.6 Å². The average molecular weight is 718 g/mol. The van der Waals surface area contributed by atoms with E-state index in [1.54, 1.807) is 20.3 Å². The van der Waals surface area contributed by atoms with Crippen molar-refractivity contribution in [2.75, 3.05) is 40.4 Å². The fourth-order valence-corrected chi connectivity index (χ4v) is 7.38. The third kappa shape index (κ3) is 9.27. The zero-order chi connectivity index (χ0) is 37.6. The van der Waals surface area contributed by atoms with E-state index in [-0.39, 0.29) is 25.1 Å². The summed E-state index contributed by atoms with van der Waals surface area (Å²) in [6, 6.07) is 20.7. The van der Waals surface area contributed by atoms with Crippen LogP contribution in [0.2, 0.25) is 0 Å². The number of benzene rings is 4. The molecule has 2 aliphatic rings. The molecule has 4 aromatic rings. The molecular formula is C42H50F3N3O4. The number of aryl methyl sites for hydroxylation is 1. The third-order valence-corrected chi connectivity index (χ3v) is 10.1. The number of aliphatic carboxylic acids is 1. The first-order valence-electron chi connectivity index (χ1n) is 17.7. The van der Waals surface area contributed by atoms with Gasteiger partial charge in [0.05, 0.1) is 19.8 Å². The van der Waals surface area contributed by atoms with E-state index in [0.717, 1.165) is 58.2 Å². The quantitative estimate of drug-likeness (QED) is 0.160. The van der Waals surface area contributed by atoms with Gasteiger partial charge in [0.2, 0.25) is 0 Å². The summed E-state index contributed by atoms with van der Waals surface area (Å²) >= 11 is 0. The highest BCUT2D eigenvalue weighted by Gasteiger charge is 2.34. The van der Waals surface area contributed by atoms with Crippen LogP contribution >= 0.6 is 0 Å². The Labute approximate surface area is 304 Å². The average Bonchev–Trinajstić information content (AvgIpc) is 3.45. The highest BCUT2D eigenvalue weighted by Crippen LogP contribution is 2.45. The first-order valence-corrected chi connectivity index (χ1v) is 17.7. The van der Waals surface area contributed by atoms with Gasteiger partial charge in [0, 0.05) is 68.8 Å². The number of nitrogens with two attached hydrogens (primary N) is 1. The number of methoxy groups -OCH3 is 2. The lowest BCUT2D eigenvalue weighted by molar-refractivity contribution is -0.136. The number of nitrogens with zero attached hydrogens (tertiary/aromatic N) is 2. The molecule has 278 valence electrons. The van der Waals surface area contributed by atoms with Crippen molar-refractivity contribution in [1.29, 1.82) is 0 Å². The van der Waals surface area contributed by atoms with Crippen LogP contribution in [0.4, 0.5) is 13.2 Å². The molecule has 7 nitrogen and oxygen atoms in total. The number of carboxylic acids is 1. The van der Waals surface area contributed by atoms with E-state index >= 15 is 0 Å². The lowest BCUT2D eigenvalue weighted by atomic mass is 9.92. The number of fused-ring (bicyclic) bond motifs is 1. The van der Waals surface area contributed by atoms with E-state index < -0.39 is 11.9 Å². The van der Waals surface area contributed by atoms with Gasteiger partial charge in [-0.15, -0.1) is 0 Å². The van der Waals surface area contributed by atoms with Gasteiger partial charge < -0.3 is 20.3 Å². The Kier molecular flexibility index (Phi) is 12.2. The van der Waals surface area contributed by atoms with Gasteiger partial charge in [-0.1, -0.05) is 75.0 Å². The topological polar surface area (TPSA) is 88.3 Å². The van der Waals surface area contributed by atoms with Crippen LogP contribution in [-0.2, 0) is 24.3 Å². The lowest BCUT2D eigenvalue weighted by Crippen LogP contribution is -2.38. The Morgan fingerprint density at radius 2 is 1.48 bits per heavy atom. The molecule has 2 saturated heterocycles. The summed E-state index contributed by atoms with van der Waals surface area (Å²) in [4.78, 5) is 15.5. The Morgan fingerprint density at radius 1 is 0.846 bits per heavy atom. The molecule has 4 aromatic carbocycles. The zero-order valence-electron chi connectivity index (χ0n) is 30.6. The standard InChI is InChI=1S/C27H29F2NO4.C15H21FN2/c1-33-23-11-9-19(17-30-15-13-27(28,29)14-16-30)26(34-2)25(23)22-8-4-6-20-18(10-12-24(31)32)5-3-7-21(20)22;1-11(17)14-12(5-4-6-13(14)16)9-18-8-7-15(2,3)10-18/h3-9,11H,10,12-17H2,1-2H3,(H,31,32);4-6H,1,7-10,17H2,2-3H3. The minimum absolute atomic E-state index is 0.0559. The van der Waals surface area contributed by atoms with Crippen molar-refractivity contribution < 1.29 is 32.5 Å². The van der Waals surface area contributed by atoms with Gasteiger partial charge >= 0.3 is 5.97 Å². The van der Waals surface area contributed by atoms with Crippen molar-refractivity contribution in [1.82, 2.24) is 9.80 Å². The second-order valence-corrected chi connectivity index (χ2v) is 14.6. The van der Waals surface area contributed by atoms with Crippen molar-refractivity contribution in [2.45, 2.75) is 65.0 Å². The second-order valence-electron chi connectivity index (χ2n) is 14.6. The summed E-state index contributed by atoms with van der Waals surface area (Å²) in [7, 11) is 3.21. The van der Waals surface area contributed by atoms with Crippen molar-refractivity contribution in [3.8, 4) is 22.6 Å². The molecule has 3 N–H and O–H groups in total. The highest BCUT2D eigenvalue weighted by atomic mass is 19.3. The zero-order valence-corrected chi connectivity index (χ0v) is 30.6. The predicted octanol–water partition coefficient (Wildman–Crippen LogP) is 8.76. The van der Waals surface area contributed by atoms with Gasteiger partial charge in [0.1, 0.15) is 17.3 Å². The van der Waals surface area contributed by atoms with Crippen LogP contribution in [0.25, 0.3) is 27.6 Å². The van der Waals surface area contributed by atoms with Crippen LogP contribution in [0.1, 0.15) is 61.8 Å². The number of likely N-dealkylation sites (tertiary alicyclic amines) is 2. The molecule has 0 radical (unpaired) electrons. The van der Waals surface area contributed by atoms with Crippen LogP contribution in [0.15, 0.2) is 73.3 Å². The Balaban J connectivity index is 0.000000244. The number of rotatable bonds is 11. The summed E-state index contributed by atoms with van der Waals surface area (Å²) in [6.07, 6.45) is 1.40.